The van der Waals surface area contributed by atoms with E-state index in [1.54, 1.807) is 0 Å². The Morgan fingerprint density at radius 3 is 2.92 bits per heavy atom. The van der Waals surface area contributed by atoms with Gasteiger partial charge in [0.2, 0.25) is 0 Å². The maximum Gasteiger partial charge on any atom is 0.272 e. The van der Waals surface area contributed by atoms with Crippen molar-refractivity contribution in [3.05, 3.63) is 46.8 Å². The van der Waals surface area contributed by atoms with Crippen molar-refractivity contribution in [3.63, 3.8) is 0 Å². The van der Waals surface area contributed by atoms with E-state index >= 15 is 0 Å². The second kappa shape index (κ2) is 6.52. The molecule has 1 aliphatic heterocycles. The third kappa shape index (κ3) is 3.10. The highest BCUT2D eigenvalue weighted by Gasteiger charge is 2.32. The van der Waals surface area contributed by atoms with Crippen molar-refractivity contribution in [2.24, 2.45) is 0 Å². The lowest BCUT2D eigenvalue weighted by atomic mass is 10.1. The molecule has 4 nitrogen and oxygen atoms in total. The fourth-order valence-corrected chi connectivity index (χ4v) is 5.19. The van der Waals surface area contributed by atoms with Crippen molar-refractivity contribution in [3.8, 4) is 5.69 Å². The number of nitrogens with zero attached hydrogens (tertiary/aromatic N) is 2. The zero-order valence-electron chi connectivity index (χ0n) is 15.0. The van der Waals surface area contributed by atoms with Gasteiger partial charge >= 0.3 is 0 Å². The first-order valence-corrected chi connectivity index (χ1v) is 10.1. The molecule has 2 heterocycles. The maximum atomic E-state index is 12.8. The summed E-state index contributed by atoms with van der Waals surface area (Å²) < 4.78 is 2.18. The first-order chi connectivity index (χ1) is 12.1. The largest absolute Gasteiger partial charge is 0.349 e. The number of hydrogen-bond acceptors (Lipinski definition) is 3. The van der Waals surface area contributed by atoms with E-state index in [0.717, 1.165) is 37.1 Å². The fourth-order valence-electron chi connectivity index (χ4n) is 3.95. The van der Waals surface area contributed by atoms with Crippen molar-refractivity contribution < 1.29 is 4.79 Å². The number of amides is 1. The molecule has 1 saturated heterocycles. The first-order valence-electron chi connectivity index (χ1n) is 9.16. The molecule has 1 aromatic carbocycles. The molecule has 1 amide bonds. The minimum absolute atomic E-state index is 0.0146. The van der Waals surface area contributed by atoms with E-state index in [0.29, 0.717) is 5.69 Å². The SMILES string of the molecule is Cc1ccccc1-n1nc(C(=O)NCC2(C)CCCS2)c2c1CCC2. The van der Waals surface area contributed by atoms with Crippen LogP contribution in [0.3, 0.4) is 0 Å². The van der Waals surface area contributed by atoms with E-state index in [1.165, 1.54) is 29.9 Å². The molecule has 0 radical (unpaired) electrons. The van der Waals surface area contributed by atoms with E-state index < -0.39 is 0 Å². The van der Waals surface area contributed by atoms with E-state index in [4.69, 9.17) is 5.10 Å². The number of nitrogens with one attached hydrogen (secondary N) is 1. The summed E-state index contributed by atoms with van der Waals surface area (Å²) in [5.41, 5.74) is 5.24. The summed E-state index contributed by atoms with van der Waals surface area (Å²) in [6.07, 6.45) is 5.47. The number of para-hydroxylation sites is 1. The van der Waals surface area contributed by atoms with Crippen molar-refractivity contribution in [1.29, 1.82) is 0 Å². The molecular formula is C20H25N3OS. The third-order valence-electron chi connectivity index (χ3n) is 5.41. The lowest BCUT2D eigenvalue weighted by Crippen LogP contribution is -2.37. The number of benzene rings is 1. The Morgan fingerprint density at radius 1 is 1.32 bits per heavy atom. The Morgan fingerprint density at radius 2 is 2.16 bits per heavy atom. The molecule has 2 aliphatic rings. The maximum absolute atomic E-state index is 12.8. The number of rotatable bonds is 4. The molecule has 1 aliphatic carbocycles. The molecule has 0 spiro atoms. The molecule has 132 valence electrons. The number of thioether (sulfide) groups is 1. The average Bonchev–Trinajstić information content (AvgIpc) is 3.30. The lowest BCUT2D eigenvalue weighted by Gasteiger charge is -2.22. The highest BCUT2D eigenvalue weighted by atomic mass is 32.2. The first kappa shape index (κ1) is 16.7. The van der Waals surface area contributed by atoms with Crippen LogP contribution >= 0.6 is 11.8 Å². The van der Waals surface area contributed by atoms with E-state index in [2.05, 4.69) is 31.3 Å². The van der Waals surface area contributed by atoms with E-state index in [1.807, 2.05) is 28.6 Å². The number of carbonyl (C=O) groups is 1. The molecule has 0 saturated carbocycles. The standard InChI is InChI=1S/C20H25N3OS/c1-14-7-3-4-9-16(14)23-17-10-5-8-15(17)18(22-23)19(24)21-13-20(2)11-6-12-25-20/h3-4,7,9H,5-6,8,10-13H2,1-2H3,(H,21,24). The van der Waals surface area contributed by atoms with Crippen molar-refractivity contribution in [2.45, 2.75) is 50.7 Å². The zero-order chi connectivity index (χ0) is 17.4. The van der Waals surface area contributed by atoms with Crippen LogP contribution in [0.15, 0.2) is 24.3 Å². The van der Waals surface area contributed by atoms with Crippen molar-refractivity contribution in [1.82, 2.24) is 15.1 Å². The van der Waals surface area contributed by atoms with Gasteiger partial charge in [-0.15, -0.1) is 0 Å². The monoisotopic (exact) mass is 355 g/mol. The normalized spacial score (nSPS) is 22.2. The summed E-state index contributed by atoms with van der Waals surface area (Å²) in [5, 5.41) is 7.88. The van der Waals surface area contributed by atoms with Gasteiger partial charge in [0.25, 0.3) is 5.91 Å². The highest BCUT2D eigenvalue weighted by Crippen LogP contribution is 2.37. The summed E-state index contributed by atoms with van der Waals surface area (Å²) >= 11 is 1.97. The number of hydrogen-bond donors (Lipinski definition) is 1. The van der Waals surface area contributed by atoms with E-state index in [-0.39, 0.29) is 10.7 Å². The fraction of sp³-hybridized carbons (Fsp3) is 0.500. The van der Waals surface area contributed by atoms with Gasteiger partial charge in [-0.2, -0.15) is 16.9 Å². The molecule has 1 aromatic heterocycles. The highest BCUT2D eigenvalue weighted by molar-refractivity contribution is 8.00. The number of carbonyl (C=O) groups excluding carboxylic acids is 1. The Hall–Kier alpha value is -1.75. The number of aryl methyl sites for hydroxylation is 1. The number of fused-ring (bicyclic) bond motifs is 1. The third-order valence-corrected chi connectivity index (χ3v) is 6.95. The topological polar surface area (TPSA) is 46.9 Å². The Labute approximate surface area is 153 Å². The van der Waals surface area contributed by atoms with Crippen molar-refractivity contribution >= 4 is 17.7 Å². The quantitative estimate of drug-likeness (QED) is 0.910. The molecule has 2 aromatic rings. The Kier molecular flexibility index (Phi) is 4.36. The smallest absolute Gasteiger partial charge is 0.272 e. The van der Waals surface area contributed by atoms with Gasteiger partial charge < -0.3 is 5.32 Å². The van der Waals surface area contributed by atoms with Gasteiger partial charge in [0, 0.05) is 22.5 Å². The summed E-state index contributed by atoms with van der Waals surface area (Å²) in [7, 11) is 0. The summed E-state index contributed by atoms with van der Waals surface area (Å²) in [4.78, 5) is 12.8. The Balaban J connectivity index is 1.61. The second-order valence-electron chi connectivity index (χ2n) is 7.41. The summed E-state index contributed by atoms with van der Waals surface area (Å²) in [5.74, 6) is 1.18. The molecule has 1 fully saturated rings. The molecule has 5 heteroatoms. The summed E-state index contributed by atoms with van der Waals surface area (Å²) in [6, 6.07) is 8.24. The molecule has 25 heavy (non-hydrogen) atoms. The lowest BCUT2D eigenvalue weighted by molar-refractivity contribution is 0.0943. The van der Waals surface area contributed by atoms with Gasteiger partial charge in [-0.3, -0.25) is 4.79 Å². The van der Waals surface area contributed by atoms with Crippen LogP contribution in [-0.4, -0.2) is 32.7 Å². The molecule has 1 N–H and O–H groups in total. The molecule has 1 atom stereocenters. The molecule has 4 rings (SSSR count). The van der Waals surface area contributed by atoms with E-state index in [9.17, 15) is 4.79 Å². The minimum atomic E-state index is -0.0146. The Bertz CT molecular complexity index is 805. The molecule has 1 unspecified atom stereocenters. The second-order valence-corrected chi connectivity index (χ2v) is 9.09. The van der Waals surface area contributed by atoms with Gasteiger partial charge in [-0.05, 0) is 63.3 Å². The molecule has 0 bridgehead atoms. The predicted octanol–water partition coefficient (Wildman–Crippen LogP) is 3.68. The van der Waals surface area contributed by atoms with Gasteiger partial charge in [0.05, 0.1) is 5.69 Å². The van der Waals surface area contributed by atoms with Crippen LogP contribution in [0.1, 0.15) is 53.5 Å². The van der Waals surface area contributed by atoms with Crippen LogP contribution in [0, 0.1) is 6.92 Å². The number of aromatic nitrogens is 2. The molecular weight excluding hydrogens is 330 g/mol. The van der Waals surface area contributed by atoms with Crippen LogP contribution in [0.2, 0.25) is 0 Å². The minimum Gasteiger partial charge on any atom is -0.349 e. The predicted molar refractivity (Wildman–Crippen MR) is 103 cm³/mol. The van der Waals surface area contributed by atoms with Crippen LogP contribution in [0.25, 0.3) is 5.69 Å². The van der Waals surface area contributed by atoms with Crippen LogP contribution in [0.5, 0.6) is 0 Å². The zero-order valence-corrected chi connectivity index (χ0v) is 15.8. The van der Waals surface area contributed by atoms with Crippen molar-refractivity contribution in [2.75, 3.05) is 12.3 Å². The van der Waals surface area contributed by atoms with Gasteiger partial charge in [-0.25, -0.2) is 4.68 Å². The summed E-state index contributed by atoms with van der Waals surface area (Å²) in [6.45, 7) is 5.07. The van der Waals surface area contributed by atoms with Gasteiger partial charge in [0.15, 0.2) is 5.69 Å². The van der Waals surface area contributed by atoms with Crippen LogP contribution in [-0.2, 0) is 12.8 Å². The van der Waals surface area contributed by atoms with Crippen LogP contribution in [0.4, 0.5) is 0 Å². The average molecular weight is 356 g/mol. The van der Waals surface area contributed by atoms with Crippen LogP contribution < -0.4 is 5.32 Å². The van der Waals surface area contributed by atoms with Gasteiger partial charge in [-0.1, -0.05) is 18.2 Å². The van der Waals surface area contributed by atoms with Gasteiger partial charge in [0.1, 0.15) is 0 Å².